The summed E-state index contributed by atoms with van der Waals surface area (Å²) in [6, 6.07) is 11.1. The highest BCUT2D eigenvalue weighted by Crippen LogP contribution is 2.28. The fraction of sp³-hybridized carbons (Fsp3) is 0.357. The van der Waals surface area contributed by atoms with Gasteiger partial charge in [0.05, 0.1) is 17.4 Å². The molecular weight excluding hydrogens is 210 g/mol. The molecule has 1 aromatic heterocycles. The predicted octanol–water partition coefficient (Wildman–Crippen LogP) is 1.96. The largest absolute Gasteiger partial charge is 0.305 e. The van der Waals surface area contributed by atoms with E-state index in [-0.39, 0.29) is 6.04 Å². The zero-order valence-corrected chi connectivity index (χ0v) is 10.3. The van der Waals surface area contributed by atoms with Gasteiger partial charge in [0.1, 0.15) is 0 Å². The first-order valence-corrected chi connectivity index (χ1v) is 6.07. The van der Waals surface area contributed by atoms with Crippen molar-refractivity contribution in [3.05, 3.63) is 52.8 Å². The molecule has 0 fully saturated rings. The topological polar surface area (TPSA) is 29.9 Å². The summed E-state index contributed by atoms with van der Waals surface area (Å²) in [6.07, 6.45) is 1.11. The SMILES string of the molecule is Cc1cc(C2NCCc3ccccc32)n(C)n1. The molecule has 2 aromatic rings. The van der Waals surface area contributed by atoms with Gasteiger partial charge in [0.25, 0.3) is 0 Å². The second-order valence-electron chi connectivity index (χ2n) is 4.67. The molecular formula is C14H17N3. The van der Waals surface area contributed by atoms with E-state index in [1.807, 2.05) is 18.7 Å². The molecule has 2 heterocycles. The molecule has 1 aromatic carbocycles. The molecule has 1 N–H and O–H groups in total. The van der Waals surface area contributed by atoms with Crippen LogP contribution in [-0.2, 0) is 13.5 Å². The summed E-state index contributed by atoms with van der Waals surface area (Å²) < 4.78 is 1.98. The zero-order chi connectivity index (χ0) is 11.8. The third-order valence-electron chi connectivity index (χ3n) is 3.44. The minimum Gasteiger partial charge on any atom is -0.305 e. The molecule has 0 spiro atoms. The Balaban J connectivity index is 2.09. The molecule has 88 valence electrons. The first kappa shape index (κ1) is 10.5. The second kappa shape index (κ2) is 4.00. The van der Waals surface area contributed by atoms with Crippen LogP contribution in [0.4, 0.5) is 0 Å². The maximum atomic E-state index is 4.44. The number of nitrogens with one attached hydrogen (secondary N) is 1. The first-order valence-electron chi connectivity index (χ1n) is 6.07. The van der Waals surface area contributed by atoms with Crippen molar-refractivity contribution in [1.82, 2.24) is 15.1 Å². The average molecular weight is 227 g/mol. The van der Waals surface area contributed by atoms with Gasteiger partial charge in [-0.15, -0.1) is 0 Å². The molecule has 0 amide bonds. The summed E-state index contributed by atoms with van der Waals surface area (Å²) in [5.74, 6) is 0. The molecule has 3 nitrogen and oxygen atoms in total. The van der Waals surface area contributed by atoms with Crippen LogP contribution < -0.4 is 5.32 Å². The fourth-order valence-electron chi connectivity index (χ4n) is 2.67. The lowest BCUT2D eigenvalue weighted by Crippen LogP contribution is -2.31. The Bertz CT molecular complexity index is 542. The second-order valence-corrected chi connectivity index (χ2v) is 4.67. The van der Waals surface area contributed by atoms with Crippen LogP contribution in [0.1, 0.15) is 28.6 Å². The molecule has 0 radical (unpaired) electrons. The fourth-order valence-corrected chi connectivity index (χ4v) is 2.67. The van der Waals surface area contributed by atoms with Gasteiger partial charge in [-0.25, -0.2) is 0 Å². The van der Waals surface area contributed by atoms with Crippen LogP contribution >= 0.6 is 0 Å². The summed E-state index contributed by atoms with van der Waals surface area (Å²) in [5, 5.41) is 8.02. The zero-order valence-electron chi connectivity index (χ0n) is 10.3. The van der Waals surface area contributed by atoms with Crippen molar-refractivity contribution >= 4 is 0 Å². The van der Waals surface area contributed by atoms with E-state index >= 15 is 0 Å². The van der Waals surface area contributed by atoms with Crippen molar-refractivity contribution in [3.8, 4) is 0 Å². The van der Waals surface area contributed by atoms with E-state index < -0.39 is 0 Å². The van der Waals surface area contributed by atoms with Crippen molar-refractivity contribution in [2.24, 2.45) is 7.05 Å². The number of rotatable bonds is 1. The maximum absolute atomic E-state index is 4.44. The van der Waals surface area contributed by atoms with E-state index in [1.165, 1.54) is 16.8 Å². The van der Waals surface area contributed by atoms with Crippen molar-refractivity contribution in [3.63, 3.8) is 0 Å². The molecule has 1 aliphatic heterocycles. The molecule has 0 aliphatic carbocycles. The van der Waals surface area contributed by atoms with Crippen LogP contribution in [0.2, 0.25) is 0 Å². The molecule has 3 rings (SSSR count). The summed E-state index contributed by atoms with van der Waals surface area (Å²) >= 11 is 0. The number of aryl methyl sites for hydroxylation is 2. The highest BCUT2D eigenvalue weighted by atomic mass is 15.3. The quantitative estimate of drug-likeness (QED) is 0.807. The summed E-state index contributed by atoms with van der Waals surface area (Å²) in [5.41, 5.74) is 5.17. The van der Waals surface area contributed by atoms with Crippen molar-refractivity contribution in [2.75, 3.05) is 6.54 Å². The minimum atomic E-state index is 0.283. The Labute approximate surface area is 101 Å². The normalized spacial score (nSPS) is 19.1. The van der Waals surface area contributed by atoms with E-state index in [0.717, 1.165) is 18.7 Å². The van der Waals surface area contributed by atoms with Gasteiger partial charge < -0.3 is 5.32 Å². The smallest absolute Gasteiger partial charge is 0.0751 e. The summed E-state index contributed by atoms with van der Waals surface area (Å²) in [6.45, 7) is 3.07. The molecule has 1 aliphatic rings. The third kappa shape index (κ3) is 1.76. The van der Waals surface area contributed by atoms with Gasteiger partial charge in [-0.05, 0) is 30.5 Å². The Hall–Kier alpha value is -1.61. The van der Waals surface area contributed by atoms with Gasteiger partial charge >= 0.3 is 0 Å². The average Bonchev–Trinajstić information content (AvgIpc) is 2.68. The number of nitrogens with zero attached hydrogens (tertiary/aromatic N) is 2. The Kier molecular flexibility index (Phi) is 2.48. The van der Waals surface area contributed by atoms with Gasteiger partial charge in [0, 0.05) is 13.6 Å². The first-order chi connectivity index (χ1) is 8.25. The van der Waals surface area contributed by atoms with Crippen molar-refractivity contribution < 1.29 is 0 Å². The molecule has 1 atom stereocenters. The Morgan fingerprint density at radius 2 is 2.18 bits per heavy atom. The molecule has 0 saturated heterocycles. The van der Waals surface area contributed by atoms with Crippen LogP contribution in [-0.4, -0.2) is 16.3 Å². The molecule has 0 bridgehead atoms. The number of hydrogen-bond acceptors (Lipinski definition) is 2. The van der Waals surface area contributed by atoms with Gasteiger partial charge in [-0.2, -0.15) is 5.10 Å². The lowest BCUT2D eigenvalue weighted by molar-refractivity contribution is 0.529. The van der Waals surface area contributed by atoms with Crippen LogP contribution in [0.15, 0.2) is 30.3 Å². The lowest BCUT2D eigenvalue weighted by Gasteiger charge is -2.26. The van der Waals surface area contributed by atoms with E-state index in [1.54, 1.807) is 0 Å². The van der Waals surface area contributed by atoms with Crippen LogP contribution in [0.3, 0.4) is 0 Å². The number of aromatic nitrogens is 2. The predicted molar refractivity (Wildman–Crippen MR) is 67.9 cm³/mol. The molecule has 17 heavy (non-hydrogen) atoms. The van der Waals surface area contributed by atoms with Crippen molar-refractivity contribution in [2.45, 2.75) is 19.4 Å². The van der Waals surface area contributed by atoms with Gasteiger partial charge in [-0.3, -0.25) is 4.68 Å². The van der Waals surface area contributed by atoms with Crippen LogP contribution in [0, 0.1) is 6.92 Å². The monoisotopic (exact) mass is 227 g/mol. The molecule has 0 saturated carbocycles. The van der Waals surface area contributed by atoms with E-state index in [2.05, 4.69) is 40.7 Å². The van der Waals surface area contributed by atoms with E-state index in [0.29, 0.717) is 0 Å². The number of hydrogen-bond donors (Lipinski definition) is 1. The van der Waals surface area contributed by atoms with Gasteiger partial charge in [0.2, 0.25) is 0 Å². The molecule has 1 unspecified atom stereocenters. The Morgan fingerprint density at radius 1 is 1.35 bits per heavy atom. The van der Waals surface area contributed by atoms with Gasteiger partial charge in [0.15, 0.2) is 0 Å². The van der Waals surface area contributed by atoms with Crippen LogP contribution in [0.5, 0.6) is 0 Å². The minimum absolute atomic E-state index is 0.283. The highest BCUT2D eigenvalue weighted by molar-refractivity contribution is 5.37. The lowest BCUT2D eigenvalue weighted by atomic mass is 9.92. The van der Waals surface area contributed by atoms with Crippen molar-refractivity contribution in [1.29, 1.82) is 0 Å². The highest BCUT2D eigenvalue weighted by Gasteiger charge is 2.23. The summed E-state index contributed by atoms with van der Waals surface area (Å²) in [4.78, 5) is 0. The molecule has 3 heteroatoms. The van der Waals surface area contributed by atoms with E-state index in [9.17, 15) is 0 Å². The Morgan fingerprint density at radius 3 is 2.94 bits per heavy atom. The number of benzene rings is 1. The van der Waals surface area contributed by atoms with Crippen LogP contribution in [0.25, 0.3) is 0 Å². The maximum Gasteiger partial charge on any atom is 0.0751 e. The number of fused-ring (bicyclic) bond motifs is 1. The standard InChI is InChI=1S/C14H17N3/c1-10-9-13(17(2)16-10)14-12-6-4-3-5-11(12)7-8-15-14/h3-6,9,14-15H,7-8H2,1-2H3. The van der Waals surface area contributed by atoms with Gasteiger partial charge in [-0.1, -0.05) is 24.3 Å². The third-order valence-corrected chi connectivity index (χ3v) is 3.44. The van der Waals surface area contributed by atoms with E-state index in [4.69, 9.17) is 0 Å². The summed E-state index contributed by atoms with van der Waals surface area (Å²) in [7, 11) is 2.02.